The van der Waals surface area contributed by atoms with E-state index in [1.165, 1.54) is 28.0 Å². The molecule has 4 nitrogen and oxygen atoms in total. The maximum atomic E-state index is 12.8. The molecule has 0 aliphatic carbocycles. The highest BCUT2D eigenvalue weighted by atomic mass is 32.2. The van der Waals surface area contributed by atoms with Gasteiger partial charge in [-0.05, 0) is 28.2 Å². The summed E-state index contributed by atoms with van der Waals surface area (Å²) in [6, 6.07) is 31.5. The van der Waals surface area contributed by atoms with Gasteiger partial charge in [0.15, 0.2) is 0 Å². The zero-order valence-corrected chi connectivity index (χ0v) is 20.1. The van der Waals surface area contributed by atoms with Crippen LogP contribution in [0.25, 0.3) is 6.08 Å². The number of carbonyl (C=O) groups excluding carboxylic acids is 1. The molecule has 1 aliphatic heterocycles. The summed E-state index contributed by atoms with van der Waals surface area (Å²) < 4.78 is -0.462. The lowest BCUT2D eigenvalue weighted by Gasteiger charge is -2.35. The van der Waals surface area contributed by atoms with Gasteiger partial charge in [-0.2, -0.15) is 0 Å². The second-order valence-corrected chi connectivity index (χ2v) is 10.1. The van der Waals surface area contributed by atoms with Crippen molar-refractivity contribution >= 4 is 35.1 Å². The number of thiazole rings is 1. The van der Waals surface area contributed by atoms with E-state index in [1.807, 2.05) is 24.3 Å². The van der Waals surface area contributed by atoms with Crippen LogP contribution in [0, 0.1) is 0 Å². The van der Waals surface area contributed by atoms with Gasteiger partial charge in [0.1, 0.15) is 5.69 Å². The van der Waals surface area contributed by atoms with Crippen LogP contribution in [-0.2, 0) is 4.75 Å². The third kappa shape index (κ3) is 4.32. The monoisotopic (exact) mass is 484 g/mol. The molecule has 0 unspecified atom stereocenters. The fourth-order valence-corrected chi connectivity index (χ4v) is 6.21. The number of β-amino-alcohol motifs (C(OH)–C–C–N with tert-alkyl or cyclic N) is 1. The summed E-state index contributed by atoms with van der Waals surface area (Å²) in [5, 5.41) is 11.6. The lowest BCUT2D eigenvalue weighted by atomic mass is 9.84. The smallest absolute Gasteiger partial charge is 0.274 e. The van der Waals surface area contributed by atoms with Crippen molar-refractivity contribution in [1.29, 1.82) is 0 Å². The summed E-state index contributed by atoms with van der Waals surface area (Å²) in [5.41, 5.74) is 5.68. The molecule has 34 heavy (non-hydrogen) atoms. The molecule has 4 aromatic rings. The van der Waals surface area contributed by atoms with Crippen molar-refractivity contribution in [1.82, 2.24) is 9.88 Å². The molecule has 0 bridgehead atoms. The minimum absolute atomic E-state index is 0.128. The molecule has 2 heterocycles. The van der Waals surface area contributed by atoms with Gasteiger partial charge in [0.05, 0.1) is 21.2 Å². The number of aliphatic hydroxyl groups excluding tert-OH is 1. The summed E-state index contributed by atoms with van der Waals surface area (Å²) in [7, 11) is 0. The lowest BCUT2D eigenvalue weighted by Crippen LogP contribution is -2.53. The summed E-state index contributed by atoms with van der Waals surface area (Å²) >= 11 is 3.16. The van der Waals surface area contributed by atoms with Gasteiger partial charge in [-0.1, -0.05) is 91.0 Å². The van der Waals surface area contributed by atoms with Gasteiger partial charge in [0, 0.05) is 13.1 Å². The first-order chi connectivity index (χ1) is 16.7. The molecule has 1 aromatic heterocycles. The van der Waals surface area contributed by atoms with Gasteiger partial charge < -0.3 is 10.0 Å². The van der Waals surface area contributed by atoms with Crippen molar-refractivity contribution in [3.05, 3.63) is 129 Å². The number of hydrogen-bond acceptors (Lipinski definition) is 5. The third-order valence-corrected chi connectivity index (χ3v) is 8.08. The number of aliphatic hydroxyl groups is 1. The average Bonchev–Trinajstić information content (AvgIpc) is 3.35. The first-order valence-electron chi connectivity index (χ1n) is 11.1. The van der Waals surface area contributed by atoms with Crippen molar-refractivity contribution in [2.24, 2.45) is 0 Å². The van der Waals surface area contributed by atoms with Crippen LogP contribution in [0.15, 0.2) is 102 Å². The SMILES string of the molecule is O=C(c1ncsc1/C=C\SC(c1ccccc1)(c1ccccc1)c1ccccc1)N1CC(O)C1. The molecule has 1 aliphatic rings. The van der Waals surface area contributed by atoms with Gasteiger partial charge in [0.2, 0.25) is 0 Å². The topological polar surface area (TPSA) is 53.4 Å². The third-order valence-electron chi connectivity index (χ3n) is 5.95. The Hall–Kier alpha value is -3.19. The Morgan fingerprint density at radius 3 is 1.88 bits per heavy atom. The molecule has 1 amide bonds. The summed E-state index contributed by atoms with van der Waals surface area (Å²) in [5.74, 6) is -0.128. The number of aromatic nitrogens is 1. The van der Waals surface area contributed by atoms with Gasteiger partial charge >= 0.3 is 0 Å². The average molecular weight is 485 g/mol. The number of nitrogens with zero attached hydrogens (tertiary/aromatic N) is 2. The Kier molecular flexibility index (Phi) is 6.63. The molecule has 3 aromatic carbocycles. The maximum Gasteiger partial charge on any atom is 0.274 e. The van der Waals surface area contributed by atoms with Crippen LogP contribution >= 0.6 is 23.1 Å². The van der Waals surface area contributed by atoms with Gasteiger partial charge in [0.25, 0.3) is 5.91 Å². The molecule has 0 spiro atoms. The van der Waals surface area contributed by atoms with Crippen molar-refractivity contribution < 1.29 is 9.90 Å². The Labute approximate surface area is 207 Å². The molecular weight excluding hydrogens is 460 g/mol. The number of amides is 1. The normalized spacial score (nSPS) is 14.3. The molecule has 5 rings (SSSR count). The number of thioether (sulfide) groups is 1. The Morgan fingerprint density at radius 2 is 1.41 bits per heavy atom. The van der Waals surface area contributed by atoms with Crippen LogP contribution in [0.5, 0.6) is 0 Å². The fourth-order valence-electron chi connectivity index (χ4n) is 4.23. The largest absolute Gasteiger partial charge is 0.389 e. The van der Waals surface area contributed by atoms with Crippen LogP contribution in [-0.4, -0.2) is 40.1 Å². The highest BCUT2D eigenvalue weighted by Crippen LogP contribution is 2.49. The van der Waals surface area contributed by atoms with E-state index in [0.717, 1.165) is 4.88 Å². The van der Waals surface area contributed by atoms with Gasteiger partial charge in [-0.3, -0.25) is 4.79 Å². The summed E-state index contributed by atoms with van der Waals surface area (Å²) in [6.07, 6.45) is 1.55. The zero-order valence-electron chi connectivity index (χ0n) is 18.5. The second kappa shape index (κ2) is 9.97. The van der Waals surface area contributed by atoms with E-state index in [4.69, 9.17) is 0 Å². The predicted octanol–water partition coefficient (Wildman–Crippen LogP) is 5.66. The quantitative estimate of drug-likeness (QED) is 0.344. The fraction of sp³-hybridized carbons (Fsp3) is 0.143. The number of benzene rings is 3. The Balaban J connectivity index is 1.54. The lowest BCUT2D eigenvalue weighted by molar-refractivity contribution is 0.00554. The van der Waals surface area contributed by atoms with Gasteiger partial charge in [-0.25, -0.2) is 4.98 Å². The van der Waals surface area contributed by atoms with E-state index >= 15 is 0 Å². The highest BCUT2D eigenvalue weighted by Gasteiger charge is 2.36. The number of likely N-dealkylation sites (tertiary alicyclic amines) is 1. The van der Waals surface area contributed by atoms with Gasteiger partial charge in [-0.15, -0.1) is 23.1 Å². The van der Waals surface area contributed by atoms with Crippen molar-refractivity contribution in [3.8, 4) is 0 Å². The molecule has 1 N–H and O–H groups in total. The van der Waals surface area contributed by atoms with Crippen LogP contribution in [0.2, 0.25) is 0 Å². The van der Waals surface area contributed by atoms with Crippen LogP contribution < -0.4 is 0 Å². The van der Waals surface area contributed by atoms with E-state index in [2.05, 4.69) is 83.2 Å². The second-order valence-electron chi connectivity index (χ2n) is 8.13. The summed E-state index contributed by atoms with van der Waals surface area (Å²) in [6.45, 7) is 0.737. The van der Waals surface area contributed by atoms with Crippen LogP contribution in [0.3, 0.4) is 0 Å². The molecule has 170 valence electrons. The standard InChI is InChI=1S/C28H24N2O2S2/c31-24-18-30(19-24)27(32)26-25(33-20-29-26)16-17-34-28(21-10-4-1-5-11-21,22-12-6-2-7-13-22)23-14-8-3-9-15-23/h1-17,20,24,31H,18-19H2/b17-16-. The van der Waals surface area contributed by atoms with Crippen LogP contribution in [0.1, 0.15) is 32.1 Å². The Morgan fingerprint density at radius 1 is 0.912 bits per heavy atom. The zero-order chi connectivity index (χ0) is 23.4. The first kappa shape index (κ1) is 22.6. The highest BCUT2D eigenvalue weighted by molar-refractivity contribution is 8.03. The molecule has 0 radical (unpaired) electrons. The minimum atomic E-state index is -0.462. The number of rotatable bonds is 7. The van der Waals surface area contributed by atoms with E-state index in [9.17, 15) is 9.90 Å². The minimum Gasteiger partial charge on any atom is -0.389 e. The molecule has 1 saturated heterocycles. The molecule has 1 fully saturated rings. The summed E-state index contributed by atoms with van der Waals surface area (Å²) in [4.78, 5) is 19.6. The molecule has 0 saturated carbocycles. The van der Waals surface area contributed by atoms with Crippen LogP contribution in [0.4, 0.5) is 0 Å². The Bertz CT molecular complexity index is 1170. The molecular formula is C28H24N2O2S2. The van der Waals surface area contributed by atoms with E-state index in [-0.39, 0.29) is 5.91 Å². The van der Waals surface area contributed by atoms with Crippen molar-refractivity contribution in [2.75, 3.05) is 13.1 Å². The van der Waals surface area contributed by atoms with Crippen molar-refractivity contribution in [3.63, 3.8) is 0 Å². The maximum absolute atomic E-state index is 12.8. The molecule has 0 atom stereocenters. The molecule has 6 heteroatoms. The predicted molar refractivity (Wildman–Crippen MR) is 140 cm³/mol. The van der Waals surface area contributed by atoms with Crippen molar-refractivity contribution in [2.45, 2.75) is 10.9 Å². The van der Waals surface area contributed by atoms with E-state index in [1.54, 1.807) is 22.2 Å². The number of carbonyl (C=O) groups is 1. The first-order valence-corrected chi connectivity index (χ1v) is 12.9. The number of hydrogen-bond donors (Lipinski definition) is 1. The van der Waals surface area contributed by atoms with E-state index < -0.39 is 10.9 Å². The van der Waals surface area contributed by atoms with E-state index in [0.29, 0.717) is 18.8 Å².